The van der Waals surface area contributed by atoms with Crippen molar-refractivity contribution in [3.05, 3.63) is 0 Å². The Hall–Kier alpha value is -0.570. The molecule has 0 aliphatic carbocycles. The Morgan fingerprint density at radius 2 is 2.46 bits per heavy atom. The van der Waals surface area contributed by atoms with Gasteiger partial charge >= 0.3 is 0 Å². The minimum Gasteiger partial charge on any atom is -0.352 e. The lowest BCUT2D eigenvalue weighted by Crippen LogP contribution is -2.45. The molecule has 1 aliphatic heterocycles. The molecular weight excluding hydrogens is 164 g/mol. The molecule has 1 fully saturated rings. The maximum absolute atomic E-state index is 11.3. The topological polar surface area (TPSA) is 41.1 Å². The molecule has 1 atom stereocenters. The van der Waals surface area contributed by atoms with Gasteiger partial charge in [0.05, 0.1) is 0 Å². The molecule has 0 bridgehead atoms. The van der Waals surface area contributed by atoms with Crippen LogP contribution in [0.15, 0.2) is 0 Å². The lowest BCUT2D eigenvalue weighted by atomic mass is 10.1. The van der Waals surface area contributed by atoms with Crippen LogP contribution in [0.25, 0.3) is 0 Å². The van der Waals surface area contributed by atoms with Crippen LogP contribution in [0.4, 0.5) is 0 Å². The highest BCUT2D eigenvalue weighted by Crippen LogP contribution is 2.02. The maximum Gasteiger partial charge on any atom is 0.220 e. The largest absolute Gasteiger partial charge is 0.352 e. The zero-order chi connectivity index (χ0) is 9.52. The molecule has 1 rings (SSSR count). The zero-order valence-electron chi connectivity index (χ0n) is 8.44. The third-order valence-corrected chi connectivity index (χ3v) is 2.42. The lowest BCUT2D eigenvalue weighted by molar-refractivity contribution is -0.122. The van der Waals surface area contributed by atoms with E-state index in [2.05, 4.69) is 17.6 Å². The summed E-state index contributed by atoms with van der Waals surface area (Å²) in [4.78, 5) is 11.3. The van der Waals surface area contributed by atoms with Crippen molar-refractivity contribution >= 4 is 5.91 Å². The summed E-state index contributed by atoms with van der Waals surface area (Å²) in [6.45, 7) is 4.15. The number of carbonyl (C=O) groups is 1. The Balaban J connectivity index is 2.11. The van der Waals surface area contributed by atoms with Crippen molar-refractivity contribution in [2.24, 2.45) is 0 Å². The van der Waals surface area contributed by atoms with Crippen molar-refractivity contribution in [1.82, 2.24) is 10.6 Å². The second-order valence-corrected chi connectivity index (χ2v) is 3.71. The van der Waals surface area contributed by atoms with Gasteiger partial charge in [-0.2, -0.15) is 0 Å². The molecule has 76 valence electrons. The highest BCUT2D eigenvalue weighted by Gasteiger charge is 2.14. The Morgan fingerprint density at radius 3 is 3.08 bits per heavy atom. The Bertz CT molecular complexity index is 153. The van der Waals surface area contributed by atoms with E-state index in [-0.39, 0.29) is 5.91 Å². The van der Waals surface area contributed by atoms with E-state index in [0.717, 1.165) is 32.4 Å². The summed E-state index contributed by atoms with van der Waals surface area (Å²) in [6, 6.07) is 0.373. The SMILES string of the molecule is CCCCC(=O)NC1CCCNC1. The van der Waals surface area contributed by atoms with Gasteiger partial charge in [0.1, 0.15) is 0 Å². The predicted octanol–water partition coefficient (Wildman–Crippen LogP) is 1.04. The summed E-state index contributed by atoms with van der Waals surface area (Å²) in [5.41, 5.74) is 0. The van der Waals surface area contributed by atoms with Gasteiger partial charge in [-0.3, -0.25) is 4.79 Å². The van der Waals surface area contributed by atoms with E-state index >= 15 is 0 Å². The molecule has 2 N–H and O–H groups in total. The average Bonchev–Trinajstić information content (AvgIpc) is 2.16. The fourth-order valence-electron chi connectivity index (χ4n) is 1.61. The quantitative estimate of drug-likeness (QED) is 0.685. The molecule has 3 nitrogen and oxygen atoms in total. The van der Waals surface area contributed by atoms with E-state index in [1.807, 2.05) is 0 Å². The third-order valence-electron chi connectivity index (χ3n) is 2.42. The van der Waals surface area contributed by atoms with Crippen molar-refractivity contribution in [2.45, 2.75) is 45.1 Å². The van der Waals surface area contributed by atoms with E-state index < -0.39 is 0 Å². The first kappa shape index (κ1) is 10.5. The molecule has 0 radical (unpaired) electrons. The Morgan fingerprint density at radius 1 is 1.62 bits per heavy atom. The number of carbonyl (C=O) groups excluding carboxylic acids is 1. The van der Waals surface area contributed by atoms with Crippen molar-refractivity contribution < 1.29 is 4.79 Å². The van der Waals surface area contributed by atoms with E-state index in [0.29, 0.717) is 12.5 Å². The van der Waals surface area contributed by atoms with Crippen molar-refractivity contribution in [1.29, 1.82) is 0 Å². The third kappa shape index (κ3) is 4.27. The number of unbranched alkanes of at least 4 members (excludes halogenated alkanes) is 1. The molecule has 1 amide bonds. The van der Waals surface area contributed by atoms with Gasteiger partial charge in [-0.15, -0.1) is 0 Å². The monoisotopic (exact) mass is 184 g/mol. The molecule has 1 saturated heterocycles. The number of piperidine rings is 1. The first-order valence-electron chi connectivity index (χ1n) is 5.33. The van der Waals surface area contributed by atoms with Gasteiger partial charge in [0, 0.05) is 19.0 Å². The van der Waals surface area contributed by atoms with Crippen LogP contribution in [-0.2, 0) is 4.79 Å². The molecule has 13 heavy (non-hydrogen) atoms. The fourth-order valence-corrected chi connectivity index (χ4v) is 1.61. The van der Waals surface area contributed by atoms with Crippen LogP contribution < -0.4 is 10.6 Å². The molecular formula is C10H20N2O. The van der Waals surface area contributed by atoms with E-state index in [1.165, 1.54) is 6.42 Å². The first-order chi connectivity index (χ1) is 6.33. The maximum atomic E-state index is 11.3. The van der Waals surface area contributed by atoms with Crippen LogP contribution in [0.1, 0.15) is 39.0 Å². The van der Waals surface area contributed by atoms with Crippen molar-refractivity contribution in [3.8, 4) is 0 Å². The van der Waals surface area contributed by atoms with Gasteiger partial charge in [-0.05, 0) is 25.8 Å². The number of nitrogens with one attached hydrogen (secondary N) is 2. The van der Waals surface area contributed by atoms with E-state index in [9.17, 15) is 4.79 Å². The lowest BCUT2D eigenvalue weighted by Gasteiger charge is -2.23. The van der Waals surface area contributed by atoms with Crippen LogP contribution >= 0.6 is 0 Å². The standard InChI is InChI=1S/C10H20N2O/c1-2-3-6-10(13)12-9-5-4-7-11-8-9/h9,11H,2-8H2,1H3,(H,12,13). The molecule has 0 aromatic carbocycles. The van der Waals surface area contributed by atoms with Crippen molar-refractivity contribution in [2.75, 3.05) is 13.1 Å². The van der Waals surface area contributed by atoms with Gasteiger partial charge < -0.3 is 10.6 Å². The minimum atomic E-state index is 0.218. The highest BCUT2D eigenvalue weighted by atomic mass is 16.1. The second-order valence-electron chi connectivity index (χ2n) is 3.71. The van der Waals surface area contributed by atoms with Crippen LogP contribution in [0.2, 0.25) is 0 Å². The normalized spacial score (nSPS) is 22.7. The van der Waals surface area contributed by atoms with Gasteiger partial charge in [0.15, 0.2) is 0 Å². The number of hydrogen-bond donors (Lipinski definition) is 2. The van der Waals surface area contributed by atoms with Crippen molar-refractivity contribution in [3.63, 3.8) is 0 Å². The first-order valence-corrected chi connectivity index (χ1v) is 5.33. The molecule has 0 aromatic heterocycles. The molecule has 3 heteroatoms. The molecule has 1 aliphatic rings. The summed E-state index contributed by atoms with van der Waals surface area (Å²) in [7, 11) is 0. The molecule has 0 spiro atoms. The van der Waals surface area contributed by atoms with Gasteiger partial charge in [0.2, 0.25) is 5.91 Å². The van der Waals surface area contributed by atoms with Crippen LogP contribution in [0.3, 0.4) is 0 Å². The average molecular weight is 184 g/mol. The Labute approximate surface area is 80.3 Å². The summed E-state index contributed by atoms with van der Waals surface area (Å²) in [5.74, 6) is 0.218. The molecule has 1 unspecified atom stereocenters. The molecule has 1 heterocycles. The summed E-state index contributed by atoms with van der Waals surface area (Å²) >= 11 is 0. The van der Waals surface area contributed by atoms with E-state index in [1.54, 1.807) is 0 Å². The van der Waals surface area contributed by atoms with Gasteiger partial charge in [-0.1, -0.05) is 13.3 Å². The summed E-state index contributed by atoms with van der Waals surface area (Å²) < 4.78 is 0. The Kier molecular flexibility index (Phi) is 4.83. The second kappa shape index (κ2) is 5.97. The van der Waals surface area contributed by atoms with Crippen LogP contribution in [0.5, 0.6) is 0 Å². The number of rotatable bonds is 4. The summed E-state index contributed by atoms with van der Waals surface area (Å²) in [6.07, 6.45) is 5.10. The van der Waals surface area contributed by atoms with Gasteiger partial charge in [0.25, 0.3) is 0 Å². The molecule has 0 aromatic rings. The van der Waals surface area contributed by atoms with Crippen LogP contribution in [-0.4, -0.2) is 25.0 Å². The smallest absolute Gasteiger partial charge is 0.220 e. The zero-order valence-corrected chi connectivity index (χ0v) is 8.44. The number of amides is 1. The number of hydrogen-bond acceptors (Lipinski definition) is 2. The fraction of sp³-hybridized carbons (Fsp3) is 0.900. The highest BCUT2D eigenvalue weighted by molar-refractivity contribution is 5.76. The predicted molar refractivity (Wildman–Crippen MR) is 53.6 cm³/mol. The van der Waals surface area contributed by atoms with Crippen LogP contribution in [0, 0.1) is 0 Å². The summed E-state index contributed by atoms with van der Waals surface area (Å²) in [5, 5.41) is 6.33. The minimum absolute atomic E-state index is 0.218. The van der Waals surface area contributed by atoms with Gasteiger partial charge in [-0.25, -0.2) is 0 Å². The molecule has 0 saturated carbocycles. The van der Waals surface area contributed by atoms with E-state index in [4.69, 9.17) is 0 Å².